The summed E-state index contributed by atoms with van der Waals surface area (Å²) in [5.41, 5.74) is 0. The van der Waals surface area contributed by atoms with Gasteiger partial charge in [-0.1, -0.05) is 27.7 Å². The number of methoxy groups -OCH3 is 1. The number of nitrogens with one attached hydrogen (secondary N) is 1. The lowest BCUT2D eigenvalue weighted by atomic mass is 10.4. The lowest BCUT2D eigenvalue weighted by molar-refractivity contribution is 0.0696. The minimum Gasteiger partial charge on any atom is -0.382 e. The molecule has 0 aromatic heterocycles. The molecule has 0 aliphatic rings. The van der Waals surface area contributed by atoms with Gasteiger partial charge in [-0.3, -0.25) is 0 Å². The highest BCUT2D eigenvalue weighted by Crippen LogP contribution is 1.80. The molecule has 0 fully saturated rings. The molecule has 0 aliphatic carbocycles. The highest BCUT2D eigenvalue weighted by atomic mass is 16.5. The van der Waals surface area contributed by atoms with Crippen molar-refractivity contribution in [3.8, 4) is 0 Å². The van der Waals surface area contributed by atoms with Gasteiger partial charge >= 0.3 is 0 Å². The first-order valence-corrected chi connectivity index (χ1v) is 5.63. The van der Waals surface area contributed by atoms with Crippen LogP contribution in [0.25, 0.3) is 0 Å². The molecule has 3 heteroatoms. The predicted molar refractivity (Wildman–Crippen MR) is 63.9 cm³/mol. The molecule has 0 bridgehead atoms. The Bertz CT molecular complexity index is 53.2. The molecule has 0 atom stereocenters. The molecule has 3 nitrogen and oxygen atoms in total. The quantitative estimate of drug-likeness (QED) is 0.650. The summed E-state index contributed by atoms with van der Waals surface area (Å²) in [7, 11) is 3.62. The fraction of sp³-hybridized carbons (Fsp3) is 1.00. The molecule has 0 radical (unpaired) electrons. The second-order valence-electron chi connectivity index (χ2n) is 2.06. The lowest BCUT2D eigenvalue weighted by Gasteiger charge is -2.01. The molecule has 1 N–H and O–H groups in total. The Kier molecular flexibility index (Phi) is 40.7. The predicted octanol–water partition coefficient (Wildman–Crippen LogP) is 2.31. The first kappa shape index (κ1) is 19.5. The monoisotopic (exact) mass is 207 g/mol. The van der Waals surface area contributed by atoms with Crippen LogP contribution in [0.5, 0.6) is 0 Å². The number of hydrogen-bond acceptors (Lipinski definition) is 3. The van der Waals surface area contributed by atoms with Crippen molar-refractivity contribution in [3.63, 3.8) is 0 Å². The van der Waals surface area contributed by atoms with Gasteiger partial charge in [0.05, 0.1) is 13.2 Å². The average molecular weight is 207 g/mol. The smallest absolute Gasteiger partial charge is 0.0700 e. The highest BCUT2D eigenvalue weighted by molar-refractivity contribution is 4.38. The Labute approximate surface area is 90.2 Å². The van der Waals surface area contributed by atoms with Gasteiger partial charge in [0, 0.05) is 13.7 Å². The van der Waals surface area contributed by atoms with E-state index in [4.69, 9.17) is 9.47 Å². The van der Waals surface area contributed by atoms with Crippen LogP contribution in [0.3, 0.4) is 0 Å². The minimum absolute atomic E-state index is 0.694. The van der Waals surface area contributed by atoms with E-state index in [9.17, 15) is 0 Å². The summed E-state index contributed by atoms with van der Waals surface area (Å²) in [5.74, 6) is 0. The molecule has 0 spiro atoms. The second-order valence-corrected chi connectivity index (χ2v) is 2.06. The summed E-state index contributed by atoms with van der Waals surface area (Å²) in [4.78, 5) is 0. The Hall–Kier alpha value is -0.120. The minimum atomic E-state index is 0.694. The third-order valence-electron chi connectivity index (χ3n) is 1.15. The van der Waals surface area contributed by atoms with Crippen LogP contribution in [0, 0.1) is 0 Å². The van der Waals surface area contributed by atoms with E-state index in [1.165, 1.54) is 0 Å². The van der Waals surface area contributed by atoms with Crippen LogP contribution in [0.15, 0.2) is 0 Å². The van der Waals surface area contributed by atoms with Gasteiger partial charge in [-0.15, -0.1) is 0 Å². The fourth-order valence-corrected chi connectivity index (χ4v) is 0.595. The highest BCUT2D eigenvalue weighted by Gasteiger charge is 1.86. The molecule has 0 saturated carbocycles. The van der Waals surface area contributed by atoms with Crippen LogP contribution in [0.2, 0.25) is 0 Å². The Morgan fingerprint density at radius 3 is 1.93 bits per heavy atom. The molecule has 90 valence electrons. The van der Waals surface area contributed by atoms with Crippen LogP contribution in [0.1, 0.15) is 34.1 Å². The van der Waals surface area contributed by atoms with Crippen molar-refractivity contribution in [2.75, 3.05) is 40.5 Å². The van der Waals surface area contributed by atoms with Crippen molar-refractivity contribution in [3.05, 3.63) is 0 Å². The molecule has 0 unspecified atom stereocenters. The van der Waals surface area contributed by atoms with Crippen molar-refractivity contribution in [1.82, 2.24) is 5.32 Å². The number of hydrogen-bond donors (Lipinski definition) is 1. The number of rotatable bonds is 7. The van der Waals surface area contributed by atoms with Gasteiger partial charge in [-0.2, -0.15) is 0 Å². The molecule has 0 aromatic carbocycles. The molecule has 14 heavy (non-hydrogen) atoms. The summed E-state index contributed by atoms with van der Waals surface area (Å²) < 4.78 is 10.0. The van der Waals surface area contributed by atoms with Gasteiger partial charge in [-0.25, -0.2) is 0 Å². The maximum atomic E-state index is 5.21. The maximum absolute atomic E-state index is 5.21. The first-order valence-electron chi connectivity index (χ1n) is 5.63. The molecular formula is C11H29NO2. The zero-order chi connectivity index (χ0) is 11.7. The van der Waals surface area contributed by atoms with Gasteiger partial charge in [-0.05, 0) is 20.0 Å². The second kappa shape index (κ2) is 29.3. The summed E-state index contributed by atoms with van der Waals surface area (Å²) in [6, 6.07) is 0. The van der Waals surface area contributed by atoms with Crippen LogP contribution in [-0.4, -0.2) is 40.5 Å². The van der Waals surface area contributed by atoms with Crippen LogP contribution >= 0.6 is 0 Å². The summed E-state index contributed by atoms with van der Waals surface area (Å²) in [6.07, 6.45) is 1.07. The van der Waals surface area contributed by atoms with E-state index < -0.39 is 0 Å². The zero-order valence-corrected chi connectivity index (χ0v) is 10.9. The largest absolute Gasteiger partial charge is 0.382 e. The van der Waals surface area contributed by atoms with E-state index in [-0.39, 0.29) is 0 Å². The SMILES string of the molecule is CC.CC.CNCCCOCCOC. The standard InChI is InChI=1S/C7H17NO2.2C2H6/c1-8-4-3-5-10-7-6-9-2;2*1-2/h8H,3-7H2,1-2H3;2*1-2H3. The summed E-state index contributed by atoms with van der Waals surface area (Å²) >= 11 is 0. The summed E-state index contributed by atoms with van der Waals surface area (Å²) in [5, 5.41) is 3.05. The Morgan fingerprint density at radius 1 is 0.929 bits per heavy atom. The van der Waals surface area contributed by atoms with Crippen LogP contribution in [-0.2, 0) is 9.47 Å². The van der Waals surface area contributed by atoms with Gasteiger partial charge in [0.15, 0.2) is 0 Å². The molecule has 0 saturated heterocycles. The van der Waals surface area contributed by atoms with E-state index in [1.54, 1.807) is 7.11 Å². The van der Waals surface area contributed by atoms with Crippen LogP contribution in [0.4, 0.5) is 0 Å². The Balaban J connectivity index is -0.000000266. The third kappa shape index (κ3) is 29.7. The van der Waals surface area contributed by atoms with E-state index >= 15 is 0 Å². The van der Waals surface area contributed by atoms with E-state index in [0.717, 1.165) is 19.6 Å². The molecule has 0 rings (SSSR count). The van der Waals surface area contributed by atoms with E-state index in [0.29, 0.717) is 13.2 Å². The molecule has 0 aromatic rings. The Morgan fingerprint density at radius 2 is 1.50 bits per heavy atom. The van der Waals surface area contributed by atoms with Crippen molar-refractivity contribution < 1.29 is 9.47 Å². The average Bonchev–Trinajstić information content (AvgIpc) is 2.29. The van der Waals surface area contributed by atoms with E-state index in [1.807, 2.05) is 34.7 Å². The normalized spacial score (nSPS) is 8.14. The topological polar surface area (TPSA) is 30.5 Å². The van der Waals surface area contributed by atoms with Crippen molar-refractivity contribution in [2.24, 2.45) is 0 Å². The maximum Gasteiger partial charge on any atom is 0.0700 e. The van der Waals surface area contributed by atoms with Gasteiger partial charge < -0.3 is 14.8 Å². The van der Waals surface area contributed by atoms with Gasteiger partial charge in [0.1, 0.15) is 0 Å². The molecule has 0 aliphatic heterocycles. The van der Waals surface area contributed by atoms with Crippen molar-refractivity contribution >= 4 is 0 Å². The fourth-order valence-electron chi connectivity index (χ4n) is 0.595. The van der Waals surface area contributed by atoms with Crippen molar-refractivity contribution in [2.45, 2.75) is 34.1 Å². The van der Waals surface area contributed by atoms with Crippen LogP contribution < -0.4 is 5.32 Å². The summed E-state index contributed by atoms with van der Waals surface area (Å²) in [6.45, 7) is 11.2. The van der Waals surface area contributed by atoms with E-state index in [2.05, 4.69) is 5.32 Å². The van der Waals surface area contributed by atoms with Crippen molar-refractivity contribution in [1.29, 1.82) is 0 Å². The zero-order valence-electron chi connectivity index (χ0n) is 10.9. The number of ether oxygens (including phenoxy) is 2. The lowest BCUT2D eigenvalue weighted by Crippen LogP contribution is -2.11. The molecule has 0 amide bonds. The van der Waals surface area contributed by atoms with Gasteiger partial charge in [0.25, 0.3) is 0 Å². The molecular weight excluding hydrogens is 178 g/mol. The third-order valence-corrected chi connectivity index (χ3v) is 1.15. The first-order chi connectivity index (χ1) is 6.91. The molecule has 0 heterocycles. The van der Waals surface area contributed by atoms with Gasteiger partial charge in [0.2, 0.25) is 0 Å².